The van der Waals surface area contributed by atoms with Gasteiger partial charge in [-0.15, -0.1) is 11.3 Å². The number of hydrogen-bond donors (Lipinski definition) is 1. The molecule has 8 heteroatoms. The van der Waals surface area contributed by atoms with E-state index in [-0.39, 0.29) is 9.90 Å². The number of thiazole rings is 1. The van der Waals surface area contributed by atoms with Crippen molar-refractivity contribution < 1.29 is 17.6 Å². The van der Waals surface area contributed by atoms with Gasteiger partial charge in [-0.05, 0) is 17.7 Å². The molecule has 1 aromatic heterocycles. The van der Waals surface area contributed by atoms with E-state index >= 15 is 0 Å². The van der Waals surface area contributed by atoms with Crippen LogP contribution in [0.4, 0.5) is 17.6 Å². The fourth-order valence-electron chi connectivity index (χ4n) is 1.43. The van der Waals surface area contributed by atoms with Crippen molar-refractivity contribution in [3.05, 3.63) is 50.7 Å². The van der Waals surface area contributed by atoms with Crippen molar-refractivity contribution in [3.8, 4) is 0 Å². The van der Waals surface area contributed by atoms with Crippen LogP contribution in [0.15, 0.2) is 24.4 Å². The van der Waals surface area contributed by atoms with Crippen molar-refractivity contribution in [2.24, 2.45) is 5.73 Å². The van der Waals surface area contributed by atoms with Gasteiger partial charge in [-0.25, -0.2) is 9.37 Å². The predicted molar refractivity (Wildman–Crippen MR) is 64.6 cm³/mol. The van der Waals surface area contributed by atoms with E-state index in [0.29, 0.717) is 16.9 Å². The van der Waals surface area contributed by atoms with Gasteiger partial charge in [0.25, 0.3) is 0 Å². The van der Waals surface area contributed by atoms with E-state index in [1.165, 1.54) is 12.1 Å². The Morgan fingerprint density at radius 3 is 2.53 bits per heavy atom. The predicted octanol–water partition coefficient (Wildman–Crippen LogP) is 4.00. The number of rotatable bonds is 2. The van der Waals surface area contributed by atoms with Gasteiger partial charge in [0.05, 0.1) is 11.1 Å². The minimum atomic E-state index is -4.50. The fourth-order valence-corrected chi connectivity index (χ4v) is 2.43. The molecule has 1 atom stereocenters. The topological polar surface area (TPSA) is 38.9 Å². The van der Waals surface area contributed by atoms with Crippen molar-refractivity contribution in [3.63, 3.8) is 0 Å². The standard InChI is InChI=1S/C11H7ClF4N2S/c12-6-3-5(1-2-7(6)13)9(17)8-4-18-10(19-8)11(14,15)16/h1-4,9H,17H2. The first-order valence-electron chi connectivity index (χ1n) is 5.02. The molecule has 2 rings (SSSR count). The minimum Gasteiger partial charge on any atom is -0.320 e. The van der Waals surface area contributed by atoms with E-state index < -0.39 is 23.0 Å². The maximum atomic E-state index is 13.0. The van der Waals surface area contributed by atoms with Crippen LogP contribution in [-0.2, 0) is 6.18 Å². The van der Waals surface area contributed by atoms with Crippen LogP contribution in [0, 0.1) is 5.82 Å². The Bertz CT molecular complexity index is 597. The molecule has 0 fully saturated rings. The third-order valence-corrected chi connectivity index (χ3v) is 3.79. The number of benzene rings is 1. The minimum absolute atomic E-state index is 0.131. The monoisotopic (exact) mass is 310 g/mol. The average molecular weight is 311 g/mol. The molecule has 0 radical (unpaired) electrons. The molecule has 0 amide bonds. The van der Waals surface area contributed by atoms with Crippen molar-refractivity contribution in [2.75, 3.05) is 0 Å². The summed E-state index contributed by atoms with van der Waals surface area (Å²) < 4.78 is 50.3. The first-order chi connectivity index (χ1) is 8.79. The Morgan fingerprint density at radius 2 is 2.00 bits per heavy atom. The van der Waals surface area contributed by atoms with Gasteiger partial charge in [-0.3, -0.25) is 0 Å². The van der Waals surface area contributed by atoms with E-state index in [1.807, 2.05) is 0 Å². The molecule has 19 heavy (non-hydrogen) atoms. The number of halogens is 5. The molecule has 0 bridgehead atoms. The van der Waals surface area contributed by atoms with Crippen molar-refractivity contribution in [1.29, 1.82) is 0 Å². The SMILES string of the molecule is NC(c1ccc(F)c(Cl)c1)c1cnc(C(F)(F)F)s1. The van der Waals surface area contributed by atoms with Gasteiger partial charge in [-0.2, -0.15) is 13.2 Å². The largest absolute Gasteiger partial charge is 0.443 e. The van der Waals surface area contributed by atoms with Crippen LogP contribution in [0.5, 0.6) is 0 Å². The Labute approximate surface area is 114 Å². The molecule has 0 aliphatic rings. The number of alkyl halides is 3. The van der Waals surface area contributed by atoms with E-state index in [4.69, 9.17) is 17.3 Å². The smallest absolute Gasteiger partial charge is 0.320 e. The Morgan fingerprint density at radius 1 is 1.32 bits per heavy atom. The van der Waals surface area contributed by atoms with Gasteiger partial charge in [0.1, 0.15) is 5.82 Å². The summed E-state index contributed by atoms with van der Waals surface area (Å²) in [6, 6.07) is 2.95. The number of nitrogens with two attached hydrogens (primary N) is 1. The summed E-state index contributed by atoms with van der Waals surface area (Å²) in [5.74, 6) is -0.613. The normalized spacial score (nSPS) is 13.6. The quantitative estimate of drug-likeness (QED) is 0.851. The van der Waals surface area contributed by atoms with E-state index in [0.717, 1.165) is 12.3 Å². The van der Waals surface area contributed by atoms with Crippen molar-refractivity contribution in [1.82, 2.24) is 4.98 Å². The second-order valence-electron chi connectivity index (χ2n) is 3.72. The number of nitrogens with zero attached hydrogens (tertiary/aromatic N) is 1. The lowest BCUT2D eigenvalue weighted by atomic mass is 10.1. The Balaban J connectivity index is 2.31. The zero-order valence-corrected chi connectivity index (χ0v) is 10.8. The number of hydrogen-bond acceptors (Lipinski definition) is 3. The molecule has 102 valence electrons. The molecule has 1 aromatic carbocycles. The lowest BCUT2D eigenvalue weighted by Crippen LogP contribution is -2.10. The molecule has 0 spiro atoms. The van der Waals surface area contributed by atoms with E-state index in [9.17, 15) is 17.6 Å². The van der Waals surface area contributed by atoms with E-state index in [2.05, 4.69) is 4.98 Å². The second-order valence-corrected chi connectivity index (χ2v) is 5.19. The Kier molecular flexibility index (Phi) is 3.80. The highest BCUT2D eigenvalue weighted by atomic mass is 35.5. The first-order valence-corrected chi connectivity index (χ1v) is 6.22. The molecule has 1 unspecified atom stereocenters. The summed E-state index contributed by atoms with van der Waals surface area (Å²) in [7, 11) is 0. The number of aromatic nitrogens is 1. The third-order valence-electron chi connectivity index (χ3n) is 2.38. The van der Waals surface area contributed by atoms with Crippen molar-refractivity contribution >= 4 is 22.9 Å². The van der Waals surface area contributed by atoms with Gasteiger partial charge in [0, 0.05) is 11.1 Å². The molecule has 0 saturated heterocycles. The fraction of sp³-hybridized carbons (Fsp3) is 0.182. The maximum Gasteiger partial charge on any atom is 0.443 e. The van der Waals surface area contributed by atoms with Crippen molar-refractivity contribution in [2.45, 2.75) is 12.2 Å². The zero-order chi connectivity index (χ0) is 14.2. The van der Waals surface area contributed by atoms with Crippen LogP contribution in [0.25, 0.3) is 0 Å². The molecule has 0 aliphatic heterocycles. The lowest BCUT2D eigenvalue weighted by Gasteiger charge is -2.10. The molecular weight excluding hydrogens is 304 g/mol. The third kappa shape index (κ3) is 3.05. The molecular formula is C11H7ClF4N2S. The van der Waals surface area contributed by atoms with Crippen LogP contribution in [0.2, 0.25) is 5.02 Å². The van der Waals surface area contributed by atoms with Gasteiger partial charge in [0.2, 0.25) is 0 Å². The van der Waals surface area contributed by atoms with Crippen LogP contribution >= 0.6 is 22.9 Å². The first kappa shape index (κ1) is 14.2. The molecule has 0 aliphatic carbocycles. The Hall–Kier alpha value is -1.18. The van der Waals surface area contributed by atoms with Gasteiger partial charge >= 0.3 is 6.18 Å². The summed E-state index contributed by atoms with van der Waals surface area (Å²) in [5.41, 5.74) is 6.23. The van der Waals surface area contributed by atoms with Crippen LogP contribution in [0.1, 0.15) is 21.5 Å². The summed E-state index contributed by atoms with van der Waals surface area (Å²) in [6.07, 6.45) is -3.43. The van der Waals surface area contributed by atoms with Gasteiger partial charge < -0.3 is 5.73 Å². The van der Waals surface area contributed by atoms with Crippen LogP contribution in [-0.4, -0.2) is 4.98 Å². The highest BCUT2D eigenvalue weighted by molar-refractivity contribution is 7.11. The summed E-state index contributed by atoms with van der Waals surface area (Å²) >= 11 is 6.06. The van der Waals surface area contributed by atoms with E-state index in [1.54, 1.807) is 0 Å². The highest BCUT2D eigenvalue weighted by Gasteiger charge is 2.35. The molecule has 2 N–H and O–H groups in total. The summed E-state index contributed by atoms with van der Waals surface area (Å²) in [5, 5.41) is -1.10. The average Bonchev–Trinajstić information content (AvgIpc) is 2.81. The lowest BCUT2D eigenvalue weighted by molar-refractivity contribution is -0.137. The maximum absolute atomic E-state index is 13.0. The zero-order valence-electron chi connectivity index (χ0n) is 9.21. The highest BCUT2D eigenvalue weighted by Crippen LogP contribution is 2.35. The molecule has 2 aromatic rings. The van der Waals surface area contributed by atoms with Crippen LogP contribution in [0.3, 0.4) is 0 Å². The summed E-state index contributed by atoms with van der Waals surface area (Å²) in [4.78, 5) is 3.51. The van der Waals surface area contributed by atoms with Gasteiger partial charge in [-0.1, -0.05) is 17.7 Å². The molecule has 0 saturated carbocycles. The van der Waals surface area contributed by atoms with Gasteiger partial charge in [0.15, 0.2) is 5.01 Å². The molecule has 1 heterocycles. The summed E-state index contributed by atoms with van der Waals surface area (Å²) in [6.45, 7) is 0. The van der Waals surface area contributed by atoms with Crippen LogP contribution < -0.4 is 5.73 Å². The second kappa shape index (κ2) is 5.07. The molecule has 2 nitrogen and oxygen atoms in total.